The molecule has 0 unspecified atom stereocenters. The van der Waals surface area contributed by atoms with Crippen LogP contribution in [0, 0.1) is 0 Å². The van der Waals surface area contributed by atoms with E-state index >= 15 is 0 Å². The van der Waals surface area contributed by atoms with Gasteiger partial charge >= 0.3 is 0 Å². The molecule has 38 heavy (non-hydrogen) atoms. The molecule has 0 spiro atoms. The first-order chi connectivity index (χ1) is 18.3. The number of nitrogens with one attached hydrogen (secondary N) is 2. The van der Waals surface area contributed by atoms with Crippen molar-refractivity contribution in [3.8, 4) is 5.82 Å². The first kappa shape index (κ1) is 26.8. The van der Waals surface area contributed by atoms with Crippen molar-refractivity contribution in [1.82, 2.24) is 19.4 Å². The van der Waals surface area contributed by atoms with Gasteiger partial charge in [0.15, 0.2) is 0 Å². The zero-order chi connectivity index (χ0) is 27.2. The van der Waals surface area contributed by atoms with E-state index in [0.717, 1.165) is 35.2 Å². The molecule has 198 valence electrons. The van der Waals surface area contributed by atoms with E-state index in [9.17, 15) is 15.0 Å². The lowest BCUT2D eigenvalue weighted by atomic mass is 10.1. The predicted molar refractivity (Wildman–Crippen MR) is 151 cm³/mol. The number of rotatable bonds is 11. The van der Waals surface area contributed by atoms with Gasteiger partial charge in [0.05, 0.1) is 30.1 Å². The Bertz CT molecular complexity index is 1450. The Morgan fingerprint density at radius 1 is 1.05 bits per heavy atom. The number of aromatic nitrogens is 3. The second-order valence-electron chi connectivity index (χ2n) is 9.16. The summed E-state index contributed by atoms with van der Waals surface area (Å²) in [6.45, 7) is 4.82. The number of carbonyl (C=O) groups is 1. The van der Waals surface area contributed by atoms with Crippen LogP contribution in [0.25, 0.3) is 16.7 Å². The van der Waals surface area contributed by atoms with Crippen molar-refractivity contribution in [2.24, 2.45) is 0 Å². The molecule has 0 radical (unpaired) electrons. The van der Waals surface area contributed by atoms with Crippen LogP contribution in [0.15, 0.2) is 67.5 Å². The summed E-state index contributed by atoms with van der Waals surface area (Å²) in [6.07, 6.45) is 4.76. The normalized spacial score (nSPS) is 11.1. The number of hydrogen-bond acceptors (Lipinski definition) is 8. The fourth-order valence-corrected chi connectivity index (χ4v) is 4.18. The predicted octanol–water partition coefficient (Wildman–Crippen LogP) is 3.27. The highest BCUT2D eigenvalue weighted by Gasteiger charge is 2.16. The van der Waals surface area contributed by atoms with Crippen LogP contribution in [-0.2, 0) is 18.0 Å². The lowest BCUT2D eigenvalue weighted by Gasteiger charge is -2.26. The molecule has 4 aromatic rings. The summed E-state index contributed by atoms with van der Waals surface area (Å²) >= 11 is 0. The molecule has 0 saturated carbocycles. The van der Waals surface area contributed by atoms with Gasteiger partial charge in [-0.3, -0.25) is 4.79 Å². The van der Waals surface area contributed by atoms with E-state index in [2.05, 4.69) is 32.1 Å². The molecule has 0 fully saturated rings. The number of hydrogen-bond donors (Lipinski definition) is 4. The molecule has 0 saturated heterocycles. The van der Waals surface area contributed by atoms with E-state index in [-0.39, 0.29) is 19.1 Å². The second-order valence-corrected chi connectivity index (χ2v) is 9.16. The lowest BCUT2D eigenvalue weighted by molar-refractivity contribution is -0.111. The van der Waals surface area contributed by atoms with Crippen molar-refractivity contribution >= 4 is 39.8 Å². The van der Waals surface area contributed by atoms with E-state index in [0.29, 0.717) is 28.7 Å². The number of carbonyl (C=O) groups excluding carboxylic acids is 1. The summed E-state index contributed by atoms with van der Waals surface area (Å²) in [5.41, 5.74) is 4.28. The number of fused-ring (bicyclic) bond motifs is 1. The minimum absolute atomic E-state index is 0.0487. The standard InChI is InChI=1S/C28H33N7O3/c1-5-27(38)30-23-16-22(20(18-37)15-25(23)34(4)14-13-33(2)3)31-28-29-11-9-26(32-28)35-12-10-21-19(17-36)7-6-8-24(21)35/h5-12,15-16,36-37H,1,13-14,17-18H2,2-4H3,(H,30,38)(H,29,31,32). The summed E-state index contributed by atoms with van der Waals surface area (Å²) in [4.78, 5) is 25.4. The highest BCUT2D eigenvalue weighted by atomic mass is 16.3. The molecule has 10 heteroatoms. The second kappa shape index (κ2) is 11.9. The third kappa shape index (κ3) is 5.83. The Hall–Kier alpha value is -4.25. The minimum Gasteiger partial charge on any atom is -0.392 e. The van der Waals surface area contributed by atoms with Crippen molar-refractivity contribution in [1.29, 1.82) is 0 Å². The number of benzene rings is 2. The van der Waals surface area contributed by atoms with Crippen LogP contribution in [0.4, 0.5) is 23.0 Å². The largest absolute Gasteiger partial charge is 0.392 e. The molecule has 0 aliphatic rings. The quantitative estimate of drug-likeness (QED) is 0.225. The maximum atomic E-state index is 12.2. The summed E-state index contributed by atoms with van der Waals surface area (Å²) < 4.78 is 1.92. The third-order valence-corrected chi connectivity index (χ3v) is 6.26. The fraction of sp³-hybridized carbons (Fsp3) is 0.250. The molecule has 0 aliphatic heterocycles. The van der Waals surface area contributed by atoms with Gasteiger partial charge in [0.1, 0.15) is 5.82 Å². The van der Waals surface area contributed by atoms with Crippen molar-refractivity contribution in [2.75, 3.05) is 49.8 Å². The van der Waals surface area contributed by atoms with Crippen molar-refractivity contribution in [3.63, 3.8) is 0 Å². The van der Waals surface area contributed by atoms with Gasteiger partial charge in [-0.25, -0.2) is 4.98 Å². The van der Waals surface area contributed by atoms with Crippen LogP contribution in [0.5, 0.6) is 0 Å². The molecule has 4 rings (SSSR count). The summed E-state index contributed by atoms with van der Waals surface area (Å²) in [5.74, 6) is 0.625. The molecule has 2 heterocycles. The SMILES string of the molecule is C=CC(=O)Nc1cc(Nc2nccc(-n3ccc4c(CO)cccc43)n2)c(CO)cc1N(C)CCN(C)C. The number of aliphatic hydroxyl groups excluding tert-OH is 2. The van der Waals surface area contributed by atoms with Gasteiger partial charge in [-0.2, -0.15) is 4.98 Å². The minimum atomic E-state index is -0.338. The fourth-order valence-electron chi connectivity index (χ4n) is 4.18. The van der Waals surface area contributed by atoms with Crippen LogP contribution in [0.3, 0.4) is 0 Å². The third-order valence-electron chi connectivity index (χ3n) is 6.26. The smallest absolute Gasteiger partial charge is 0.247 e. The van der Waals surface area contributed by atoms with Crippen molar-refractivity contribution in [3.05, 3.63) is 78.6 Å². The van der Waals surface area contributed by atoms with E-state index in [1.165, 1.54) is 6.08 Å². The molecule has 0 bridgehead atoms. The molecule has 0 aliphatic carbocycles. The van der Waals surface area contributed by atoms with Gasteiger partial charge in [-0.1, -0.05) is 18.7 Å². The Labute approximate surface area is 221 Å². The van der Waals surface area contributed by atoms with Crippen molar-refractivity contribution in [2.45, 2.75) is 13.2 Å². The van der Waals surface area contributed by atoms with Crippen LogP contribution >= 0.6 is 0 Å². The first-order valence-electron chi connectivity index (χ1n) is 12.2. The zero-order valence-electron chi connectivity index (χ0n) is 21.8. The first-order valence-corrected chi connectivity index (χ1v) is 12.2. The number of likely N-dealkylation sites (N-methyl/N-ethyl adjacent to an activating group) is 2. The van der Waals surface area contributed by atoms with Gasteiger partial charge in [0.2, 0.25) is 11.9 Å². The van der Waals surface area contributed by atoms with Gasteiger partial charge < -0.3 is 35.2 Å². The Morgan fingerprint density at radius 3 is 2.55 bits per heavy atom. The average Bonchev–Trinajstić information content (AvgIpc) is 3.36. The van der Waals surface area contributed by atoms with E-state index in [4.69, 9.17) is 0 Å². The molecule has 1 amide bonds. The lowest BCUT2D eigenvalue weighted by Crippen LogP contribution is -2.29. The van der Waals surface area contributed by atoms with Crippen molar-refractivity contribution < 1.29 is 15.0 Å². The zero-order valence-corrected chi connectivity index (χ0v) is 21.8. The van der Waals surface area contributed by atoms with E-state index < -0.39 is 0 Å². The van der Waals surface area contributed by atoms with Crippen LogP contribution < -0.4 is 15.5 Å². The Balaban J connectivity index is 1.70. The Kier molecular flexibility index (Phi) is 8.37. The molecular formula is C28H33N7O3. The molecule has 2 aromatic heterocycles. The number of aliphatic hydroxyl groups is 2. The number of nitrogens with zero attached hydrogens (tertiary/aromatic N) is 5. The molecular weight excluding hydrogens is 482 g/mol. The maximum Gasteiger partial charge on any atom is 0.247 e. The van der Waals surface area contributed by atoms with Gasteiger partial charge in [0, 0.05) is 49.2 Å². The van der Waals surface area contributed by atoms with Crippen LogP contribution in [0.1, 0.15) is 11.1 Å². The highest BCUT2D eigenvalue weighted by molar-refractivity contribution is 6.02. The maximum absolute atomic E-state index is 12.2. The van der Waals surface area contributed by atoms with E-state index in [1.807, 2.05) is 67.1 Å². The number of amides is 1. The molecule has 2 aromatic carbocycles. The van der Waals surface area contributed by atoms with Gasteiger partial charge in [0.25, 0.3) is 0 Å². The van der Waals surface area contributed by atoms with Gasteiger partial charge in [-0.15, -0.1) is 0 Å². The summed E-state index contributed by atoms with van der Waals surface area (Å²) in [7, 11) is 5.93. The monoisotopic (exact) mass is 515 g/mol. The Morgan fingerprint density at radius 2 is 1.84 bits per heavy atom. The molecule has 4 N–H and O–H groups in total. The highest BCUT2D eigenvalue weighted by Crippen LogP contribution is 2.34. The van der Waals surface area contributed by atoms with E-state index in [1.54, 1.807) is 18.3 Å². The van der Waals surface area contributed by atoms with Crippen LogP contribution in [0.2, 0.25) is 0 Å². The van der Waals surface area contributed by atoms with Gasteiger partial charge in [-0.05, 0) is 56.1 Å². The topological polar surface area (TPSA) is 119 Å². The van der Waals surface area contributed by atoms with Crippen LogP contribution in [-0.4, -0.2) is 69.8 Å². The number of anilines is 4. The molecule has 0 atom stereocenters. The average molecular weight is 516 g/mol. The summed E-state index contributed by atoms with van der Waals surface area (Å²) in [5, 5.41) is 26.9. The summed E-state index contributed by atoms with van der Waals surface area (Å²) in [6, 6.07) is 13.1. The molecule has 10 nitrogen and oxygen atoms in total.